The van der Waals surface area contributed by atoms with Crippen LogP contribution in [0.3, 0.4) is 0 Å². The molecule has 0 aromatic rings. The van der Waals surface area contributed by atoms with Crippen molar-refractivity contribution in [1.82, 2.24) is 0 Å². The van der Waals surface area contributed by atoms with Crippen LogP contribution in [0.4, 0.5) is 0 Å². The molecule has 0 aromatic carbocycles. The molecule has 0 fully saturated rings. The first-order valence-electron chi connectivity index (χ1n) is 4.16. The number of allylic oxidation sites excluding steroid dienone is 3. The first-order chi connectivity index (χ1) is 6.25. The lowest BCUT2D eigenvalue weighted by atomic mass is 10.1. The third-order valence-corrected chi connectivity index (χ3v) is 5.47. The summed E-state index contributed by atoms with van der Waals surface area (Å²) in [5.41, 5.74) is 0. The van der Waals surface area contributed by atoms with Crippen LogP contribution >= 0.6 is 55.1 Å². The standard InChI is InChI=1S/C10H14Br2Cl2/c1-4-10(3,14)8(12)5-6-9(2,13)7-11/h4-6,8H,1,7H2,2-3H3/b6-5+. The van der Waals surface area contributed by atoms with Crippen molar-refractivity contribution in [3.8, 4) is 0 Å². The fourth-order valence-electron chi connectivity index (χ4n) is 0.630. The van der Waals surface area contributed by atoms with Crippen molar-refractivity contribution in [3.63, 3.8) is 0 Å². The Morgan fingerprint density at radius 2 is 1.93 bits per heavy atom. The zero-order valence-electron chi connectivity index (χ0n) is 8.24. The van der Waals surface area contributed by atoms with Crippen molar-refractivity contribution in [3.05, 3.63) is 24.8 Å². The Bertz CT molecular complexity index is 222. The summed E-state index contributed by atoms with van der Waals surface area (Å²) in [4.78, 5) is -0.845. The van der Waals surface area contributed by atoms with Crippen molar-refractivity contribution < 1.29 is 0 Å². The van der Waals surface area contributed by atoms with Crippen LogP contribution in [0.25, 0.3) is 0 Å². The van der Waals surface area contributed by atoms with Crippen molar-refractivity contribution in [2.45, 2.75) is 28.4 Å². The predicted octanol–water partition coefficient (Wildman–Crippen LogP) is 4.88. The molecule has 0 saturated heterocycles. The van der Waals surface area contributed by atoms with Gasteiger partial charge in [0.15, 0.2) is 0 Å². The SMILES string of the molecule is C=CC(C)(Cl)C(Br)/C=C/C(C)(Cl)CBr. The summed E-state index contributed by atoms with van der Waals surface area (Å²) in [5, 5.41) is 0.699. The van der Waals surface area contributed by atoms with Gasteiger partial charge in [0.1, 0.15) is 0 Å². The fourth-order valence-corrected chi connectivity index (χ4v) is 1.30. The summed E-state index contributed by atoms with van der Waals surface area (Å²) in [6.07, 6.45) is 5.58. The quantitative estimate of drug-likeness (QED) is 0.481. The summed E-state index contributed by atoms with van der Waals surface area (Å²) < 4.78 is 0. The van der Waals surface area contributed by atoms with Crippen molar-refractivity contribution in [2.24, 2.45) is 0 Å². The van der Waals surface area contributed by atoms with E-state index in [1.807, 2.05) is 26.0 Å². The summed E-state index contributed by atoms with van der Waals surface area (Å²) in [6.45, 7) is 7.50. The van der Waals surface area contributed by atoms with Crippen LogP contribution in [0.15, 0.2) is 24.8 Å². The molecule has 0 rings (SSSR count). The lowest BCUT2D eigenvalue weighted by molar-refractivity contribution is 0.807. The number of hydrogen-bond donors (Lipinski definition) is 0. The number of halogens is 4. The van der Waals surface area contributed by atoms with Crippen molar-refractivity contribution in [1.29, 1.82) is 0 Å². The van der Waals surface area contributed by atoms with Gasteiger partial charge in [-0.15, -0.1) is 29.8 Å². The molecule has 82 valence electrons. The van der Waals surface area contributed by atoms with E-state index >= 15 is 0 Å². The second kappa shape index (κ2) is 5.93. The van der Waals surface area contributed by atoms with Gasteiger partial charge in [0.2, 0.25) is 0 Å². The third kappa shape index (κ3) is 5.20. The lowest BCUT2D eigenvalue weighted by Gasteiger charge is -2.22. The number of hydrogen-bond acceptors (Lipinski definition) is 0. The lowest BCUT2D eigenvalue weighted by Crippen LogP contribution is -2.25. The molecular formula is C10H14Br2Cl2. The molecule has 0 amide bonds. The Morgan fingerprint density at radius 1 is 1.43 bits per heavy atom. The van der Waals surface area contributed by atoms with E-state index in [0.29, 0.717) is 5.33 Å². The molecule has 0 aliphatic carbocycles. The fraction of sp³-hybridized carbons (Fsp3) is 0.600. The smallest absolute Gasteiger partial charge is 0.0754 e. The molecular weight excluding hydrogens is 351 g/mol. The molecule has 14 heavy (non-hydrogen) atoms. The van der Waals surface area contributed by atoms with Gasteiger partial charge in [-0.25, -0.2) is 0 Å². The van der Waals surface area contributed by atoms with E-state index in [2.05, 4.69) is 38.4 Å². The van der Waals surface area contributed by atoms with E-state index in [0.717, 1.165) is 0 Å². The van der Waals surface area contributed by atoms with Crippen LogP contribution in [0.1, 0.15) is 13.8 Å². The highest BCUT2D eigenvalue weighted by atomic mass is 79.9. The van der Waals surface area contributed by atoms with Gasteiger partial charge >= 0.3 is 0 Å². The number of rotatable bonds is 5. The van der Waals surface area contributed by atoms with E-state index in [9.17, 15) is 0 Å². The highest BCUT2D eigenvalue weighted by Gasteiger charge is 2.25. The first kappa shape index (κ1) is 15.0. The number of alkyl halides is 4. The van der Waals surface area contributed by atoms with E-state index in [4.69, 9.17) is 23.2 Å². The summed E-state index contributed by atoms with van der Waals surface area (Å²) in [6, 6.07) is 0. The van der Waals surface area contributed by atoms with Crippen LogP contribution in [-0.2, 0) is 0 Å². The molecule has 0 spiro atoms. The topological polar surface area (TPSA) is 0 Å². The molecule has 0 aliphatic heterocycles. The van der Waals surface area contributed by atoms with Crippen LogP contribution in [-0.4, -0.2) is 19.9 Å². The highest BCUT2D eigenvalue weighted by Crippen LogP contribution is 2.29. The van der Waals surface area contributed by atoms with Gasteiger partial charge in [-0.05, 0) is 13.8 Å². The van der Waals surface area contributed by atoms with E-state index < -0.39 is 4.87 Å². The Hall–Kier alpha value is 1.02. The minimum absolute atomic E-state index is 0.0197. The molecule has 3 unspecified atom stereocenters. The normalized spacial score (nSPS) is 22.7. The van der Waals surface area contributed by atoms with Gasteiger partial charge < -0.3 is 0 Å². The molecule has 0 bridgehead atoms. The predicted molar refractivity (Wildman–Crippen MR) is 74.4 cm³/mol. The molecule has 4 heteroatoms. The van der Waals surface area contributed by atoms with Gasteiger partial charge in [-0.2, -0.15) is 0 Å². The maximum atomic E-state index is 6.17. The molecule has 0 aromatic heterocycles. The van der Waals surface area contributed by atoms with E-state index in [1.54, 1.807) is 6.08 Å². The van der Waals surface area contributed by atoms with Gasteiger partial charge in [0.25, 0.3) is 0 Å². The summed E-state index contributed by atoms with van der Waals surface area (Å²) >= 11 is 19.1. The third-order valence-electron chi connectivity index (χ3n) is 1.81. The van der Waals surface area contributed by atoms with E-state index in [1.165, 1.54) is 0 Å². The zero-order valence-corrected chi connectivity index (χ0v) is 12.9. The molecule has 0 N–H and O–H groups in total. The molecule has 0 heterocycles. The Labute approximate surface area is 113 Å². The molecule has 0 radical (unpaired) electrons. The van der Waals surface area contributed by atoms with Gasteiger partial charge in [0, 0.05) is 5.33 Å². The van der Waals surface area contributed by atoms with Crippen LogP contribution in [0.2, 0.25) is 0 Å². The minimum Gasteiger partial charge on any atom is -0.114 e. The van der Waals surface area contributed by atoms with Crippen molar-refractivity contribution >= 4 is 55.1 Å². The average molecular weight is 365 g/mol. The molecule has 0 saturated carbocycles. The average Bonchev–Trinajstić information content (AvgIpc) is 2.14. The Kier molecular flexibility index (Phi) is 6.36. The maximum absolute atomic E-state index is 6.17. The Morgan fingerprint density at radius 3 is 2.29 bits per heavy atom. The summed E-state index contributed by atoms with van der Waals surface area (Å²) in [7, 11) is 0. The minimum atomic E-state index is -0.490. The van der Waals surface area contributed by atoms with Gasteiger partial charge in [-0.1, -0.05) is 50.1 Å². The van der Waals surface area contributed by atoms with Crippen molar-refractivity contribution in [2.75, 3.05) is 5.33 Å². The molecule has 3 atom stereocenters. The van der Waals surface area contributed by atoms with Crippen LogP contribution in [0, 0.1) is 0 Å². The van der Waals surface area contributed by atoms with Gasteiger partial charge in [0.05, 0.1) is 14.6 Å². The summed E-state index contributed by atoms with van der Waals surface area (Å²) in [5.74, 6) is 0. The van der Waals surface area contributed by atoms with E-state index in [-0.39, 0.29) is 9.70 Å². The second-order valence-electron chi connectivity index (χ2n) is 3.53. The second-order valence-corrected chi connectivity index (χ2v) is 6.75. The van der Waals surface area contributed by atoms with Crippen LogP contribution in [0.5, 0.6) is 0 Å². The van der Waals surface area contributed by atoms with Crippen LogP contribution < -0.4 is 0 Å². The molecule has 0 aliphatic rings. The maximum Gasteiger partial charge on any atom is 0.0754 e. The highest BCUT2D eigenvalue weighted by molar-refractivity contribution is 9.09. The zero-order chi connectivity index (χ0) is 11.4. The first-order valence-corrected chi connectivity index (χ1v) is 6.95. The molecule has 0 nitrogen and oxygen atoms in total. The monoisotopic (exact) mass is 362 g/mol. The largest absolute Gasteiger partial charge is 0.114 e. The van der Waals surface area contributed by atoms with Gasteiger partial charge in [-0.3, -0.25) is 0 Å². The Balaban J connectivity index is 4.46.